The number of hydrogen-bond acceptors (Lipinski definition) is 7. The highest BCUT2D eigenvalue weighted by Gasteiger charge is 2.44. The minimum Gasteiger partial charge on any atom is -0.369 e. The molecule has 8 nitrogen and oxygen atoms in total. The third-order valence-electron chi connectivity index (χ3n) is 4.16. The SMILES string of the molecule is CCCN1C(N)=NC(N)=NC12CCN(S(=O)(=O)CCC)CC2. The van der Waals surface area contributed by atoms with Crippen LogP contribution < -0.4 is 11.5 Å². The molecule has 1 saturated heterocycles. The number of guanidine groups is 2. The van der Waals surface area contributed by atoms with Crippen LogP contribution in [-0.4, -0.2) is 60.6 Å². The van der Waals surface area contributed by atoms with Gasteiger partial charge in [-0.2, -0.15) is 4.99 Å². The van der Waals surface area contributed by atoms with Gasteiger partial charge in [0.05, 0.1) is 5.75 Å². The topological polar surface area (TPSA) is 117 Å². The fraction of sp³-hybridized carbons (Fsp3) is 0.846. The van der Waals surface area contributed by atoms with E-state index in [1.54, 1.807) is 4.31 Å². The average molecular weight is 330 g/mol. The number of sulfonamides is 1. The number of nitrogens with zero attached hydrogens (tertiary/aromatic N) is 4. The van der Waals surface area contributed by atoms with Crippen molar-refractivity contribution in [1.82, 2.24) is 9.21 Å². The molecular weight excluding hydrogens is 304 g/mol. The van der Waals surface area contributed by atoms with E-state index in [1.165, 1.54) is 0 Å². The summed E-state index contributed by atoms with van der Waals surface area (Å²) in [6.07, 6.45) is 2.68. The first kappa shape index (κ1) is 17.0. The van der Waals surface area contributed by atoms with Crippen molar-refractivity contribution in [3.8, 4) is 0 Å². The van der Waals surface area contributed by atoms with E-state index in [1.807, 2.05) is 11.8 Å². The third-order valence-corrected chi connectivity index (χ3v) is 6.23. The third kappa shape index (κ3) is 3.19. The van der Waals surface area contributed by atoms with Crippen molar-refractivity contribution in [1.29, 1.82) is 0 Å². The maximum atomic E-state index is 12.2. The zero-order valence-corrected chi connectivity index (χ0v) is 14.1. The van der Waals surface area contributed by atoms with Crippen LogP contribution in [0.3, 0.4) is 0 Å². The highest BCUT2D eigenvalue weighted by Crippen LogP contribution is 2.33. The summed E-state index contributed by atoms with van der Waals surface area (Å²) in [4.78, 5) is 10.5. The summed E-state index contributed by atoms with van der Waals surface area (Å²) in [5.41, 5.74) is 11.2. The lowest BCUT2D eigenvalue weighted by Gasteiger charge is -2.47. The summed E-state index contributed by atoms with van der Waals surface area (Å²) in [5.74, 6) is 0.738. The number of rotatable bonds is 5. The maximum absolute atomic E-state index is 12.2. The van der Waals surface area contributed by atoms with E-state index in [9.17, 15) is 8.42 Å². The lowest BCUT2D eigenvalue weighted by molar-refractivity contribution is 0.102. The Labute approximate surface area is 132 Å². The first-order chi connectivity index (χ1) is 10.3. The summed E-state index contributed by atoms with van der Waals surface area (Å²) >= 11 is 0. The second kappa shape index (κ2) is 6.41. The van der Waals surface area contributed by atoms with Gasteiger partial charge in [-0.05, 0) is 12.8 Å². The molecule has 2 rings (SSSR count). The second-order valence-electron chi connectivity index (χ2n) is 5.79. The predicted molar refractivity (Wildman–Crippen MR) is 87.9 cm³/mol. The van der Waals surface area contributed by atoms with Crippen LogP contribution in [-0.2, 0) is 10.0 Å². The molecule has 0 unspecified atom stereocenters. The lowest BCUT2D eigenvalue weighted by Crippen LogP contribution is -2.61. The molecule has 0 atom stereocenters. The van der Waals surface area contributed by atoms with Crippen LogP contribution >= 0.6 is 0 Å². The maximum Gasteiger partial charge on any atom is 0.220 e. The molecule has 2 aliphatic heterocycles. The number of aliphatic imine (C=N–C) groups is 2. The van der Waals surface area contributed by atoms with Gasteiger partial charge in [0.25, 0.3) is 0 Å². The molecule has 1 spiro atoms. The zero-order valence-electron chi connectivity index (χ0n) is 13.3. The first-order valence-corrected chi connectivity index (χ1v) is 9.40. The molecule has 0 bridgehead atoms. The molecule has 0 aromatic heterocycles. The summed E-state index contributed by atoms with van der Waals surface area (Å²) in [7, 11) is -3.17. The number of hydrogen-bond donors (Lipinski definition) is 2. The summed E-state index contributed by atoms with van der Waals surface area (Å²) < 4.78 is 25.9. The molecule has 0 radical (unpaired) electrons. The van der Waals surface area contributed by atoms with E-state index >= 15 is 0 Å². The molecule has 126 valence electrons. The smallest absolute Gasteiger partial charge is 0.220 e. The Morgan fingerprint density at radius 3 is 2.36 bits per heavy atom. The van der Waals surface area contributed by atoms with Gasteiger partial charge in [0.15, 0.2) is 0 Å². The van der Waals surface area contributed by atoms with Crippen LogP contribution in [0.2, 0.25) is 0 Å². The molecule has 1 fully saturated rings. The molecule has 0 aliphatic carbocycles. The lowest BCUT2D eigenvalue weighted by atomic mass is 9.96. The summed E-state index contributed by atoms with van der Waals surface area (Å²) in [6.45, 7) is 5.53. The van der Waals surface area contributed by atoms with Gasteiger partial charge >= 0.3 is 0 Å². The van der Waals surface area contributed by atoms with Crippen molar-refractivity contribution in [3.63, 3.8) is 0 Å². The van der Waals surface area contributed by atoms with Crippen LogP contribution in [0, 0.1) is 0 Å². The van der Waals surface area contributed by atoms with E-state index in [-0.39, 0.29) is 11.7 Å². The monoisotopic (exact) mass is 330 g/mol. The highest BCUT2D eigenvalue weighted by atomic mass is 32.2. The number of nitrogens with two attached hydrogens (primary N) is 2. The van der Waals surface area contributed by atoms with Crippen LogP contribution in [0.4, 0.5) is 0 Å². The van der Waals surface area contributed by atoms with Crippen molar-refractivity contribution < 1.29 is 8.42 Å². The quantitative estimate of drug-likeness (QED) is 0.728. The van der Waals surface area contributed by atoms with Crippen molar-refractivity contribution in [2.24, 2.45) is 21.5 Å². The minimum absolute atomic E-state index is 0.176. The summed E-state index contributed by atoms with van der Waals surface area (Å²) in [6, 6.07) is 0. The molecule has 2 heterocycles. The van der Waals surface area contributed by atoms with Crippen LogP contribution in [0.5, 0.6) is 0 Å². The standard InChI is InChI=1S/C13H26N6O2S/c1-3-7-19-12(15)16-11(14)17-13(19)5-8-18(9-6-13)22(20,21)10-4-2/h3-10H2,1-2H3,(H4,14,15,16,17). The number of piperidine rings is 1. The Morgan fingerprint density at radius 1 is 1.18 bits per heavy atom. The van der Waals surface area contributed by atoms with Crippen molar-refractivity contribution in [2.75, 3.05) is 25.4 Å². The van der Waals surface area contributed by atoms with E-state index in [0.29, 0.717) is 38.3 Å². The molecule has 2 aliphatic rings. The Kier molecular flexibility index (Phi) is 4.96. The highest BCUT2D eigenvalue weighted by molar-refractivity contribution is 7.89. The molecule has 4 N–H and O–H groups in total. The van der Waals surface area contributed by atoms with Gasteiger partial charge < -0.3 is 16.4 Å². The van der Waals surface area contributed by atoms with Crippen LogP contribution in [0.1, 0.15) is 39.5 Å². The fourth-order valence-corrected chi connectivity index (χ4v) is 4.64. The fourth-order valence-electron chi connectivity index (χ4n) is 3.13. The molecule has 22 heavy (non-hydrogen) atoms. The molecule has 0 aromatic rings. The Hall–Kier alpha value is -1.35. The van der Waals surface area contributed by atoms with Gasteiger partial charge in [0.2, 0.25) is 21.9 Å². The second-order valence-corrected chi connectivity index (χ2v) is 7.88. The van der Waals surface area contributed by atoms with Gasteiger partial charge in [0, 0.05) is 32.5 Å². The van der Waals surface area contributed by atoms with E-state index in [4.69, 9.17) is 11.5 Å². The van der Waals surface area contributed by atoms with Crippen molar-refractivity contribution in [3.05, 3.63) is 0 Å². The minimum atomic E-state index is -3.17. The van der Waals surface area contributed by atoms with Gasteiger partial charge in [-0.15, -0.1) is 0 Å². The predicted octanol–water partition coefficient (Wildman–Crippen LogP) is -0.127. The van der Waals surface area contributed by atoms with Crippen LogP contribution in [0.25, 0.3) is 0 Å². The molecule has 0 amide bonds. The van der Waals surface area contributed by atoms with E-state index in [0.717, 1.165) is 13.0 Å². The zero-order chi connectivity index (χ0) is 16.4. The van der Waals surface area contributed by atoms with Gasteiger partial charge in [-0.25, -0.2) is 17.7 Å². The largest absolute Gasteiger partial charge is 0.369 e. The average Bonchev–Trinajstić information content (AvgIpc) is 2.43. The van der Waals surface area contributed by atoms with Crippen molar-refractivity contribution >= 4 is 21.9 Å². The van der Waals surface area contributed by atoms with Crippen LogP contribution in [0.15, 0.2) is 9.98 Å². The van der Waals surface area contributed by atoms with Crippen molar-refractivity contribution in [2.45, 2.75) is 45.2 Å². The Morgan fingerprint density at radius 2 is 1.82 bits per heavy atom. The van der Waals surface area contributed by atoms with E-state index in [2.05, 4.69) is 16.9 Å². The van der Waals surface area contributed by atoms with E-state index < -0.39 is 15.7 Å². The molecule has 0 aromatic carbocycles. The molecule has 9 heteroatoms. The van der Waals surface area contributed by atoms with Gasteiger partial charge in [0.1, 0.15) is 5.66 Å². The van der Waals surface area contributed by atoms with Gasteiger partial charge in [-0.3, -0.25) is 0 Å². The molecular formula is C13H26N6O2S. The summed E-state index contributed by atoms with van der Waals surface area (Å²) in [5, 5.41) is 0. The Balaban J connectivity index is 2.18. The first-order valence-electron chi connectivity index (χ1n) is 7.79. The normalized spacial score (nSPS) is 22.5. The van der Waals surface area contributed by atoms with Gasteiger partial charge in [-0.1, -0.05) is 13.8 Å². The molecule has 0 saturated carbocycles. The Bertz CT molecular complexity index is 563.